The molecule has 0 saturated heterocycles. The van der Waals surface area contributed by atoms with Crippen molar-refractivity contribution in [3.05, 3.63) is 54.8 Å². The first-order chi connectivity index (χ1) is 12.3. The topological polar surface area (TPSA) is 48.0 Å². The van der Waals surface area contributed by atoms with Gasteiger partial charge in [0.05, 0.1) is 5.69 Å². The Kier molecular flexibility index (Phi) is 4.88. The first kappa shape index (κ1) is 16.4. The Balaban J connectivity index is 1.52. The monoisotopic (exact) mass is 353 g/mol. The van der Waals surface area contributed by atoms with Crippen LogP contribution in [0.15, 0.2) is 48.4 Å². The van der Waals surface area contributed by atoms with Crippen molar-refractivity contribution in [2.75, 3.05) is 0 Å². The molecule has 0 unspecified atom stereocenters. The predicted molar refractivity (Wildman–Crippen MR) is 101 cm³/mol. The SMILES string of the molecule is C=CCn1c(SCc2cn3ccccc3n2)nnc1C1CCCCC1. The van der Waals surface area contributed by atoms with Crippen molar-refractivity contribution in [3.63, 3.8) is 0 Å². The number of hydrogen-bond acceptors (Lipinski definition) is 4. The number of aromatic nitrogens is 5. The minimum Gasteiger partial charge on any atom is -0.307 e. The molecule has 4 rings (SSSR count). The Morgan fingerprint density at radius 3 is 2.88 bits per heavy atom. The summed E-state index contributed by atoms with van der Waals surface area (Å²) in [5.41, 5.74) is 2.04. The molecule has 6 heteroatoms. The molecule has 1 fully saturated rings. The summed E-state index contributed by atoms with van der Waals surface area (Å²) in [6, 6.07) is 6.05. The van der Waals surface area contributed by atoms with Crippen molar-refractivity contribution >= 4 is 17.4 Å². The van der Waals surface area contributed by atoms with Crippen molar-refractivity contribution < 1.29 is 0 Å². The van der Waals surface area contributed by atoms with E-state index in [0.717, 1.165) is 34.6 Å². The molecule has 1 aliphatic rings. The van der Waals surface area contributed by atoms with Gasteiger partial charge < -0.3 is 8.97 Å². The van der Waals surface area contributed by atoms with Crippen LogP contribution in [0.3, 0.4) is 0 Å². The number of allylic oxidation sites excluding steroid dienone is 1. The van der Waals surface area contributed by atoms with Crippen molar-refractivity contribution in [2.24, 2.45) is 0 Å². The number of rotatable bonds is 6. The van der Waals surface area contributed by atoms with Gasteiger partial charge in [-0.2, -0.15) is 0 Å². The number of pyridine rings is 1. The number of hydrogen-bond donors (Lipinski definition) is 0. The molecule has 0 N–H and O–H groups in total. The quantitative estimate of drug-likeness (QED) is 0.485. The van der Waals surface area contributed by atoms with Gasteiger partial charge in [0.25, 0.3) is 0 Å². The Hall–Kier alpha value is -2.08. The first-order valence-electron chi connectivity index (χ1n) is 8.94. The second-order valence-electron chi connectivity index (χ2n) is 6.56. The number of imidazole rings is 1. The fraction of sp³-hybridized carbons (Fsp3) is 0.421. The van der Waals surface area contributed by atoms with Crippen LogP contribution in [0.1, 0.15) is 49.5 Å². The molecular formula is C19H23N5S. The highest BCUT2D eigenvalue weighted by Crippen LogP contribution is 2.33. The second kappa shape index (κ2) is 7.44. The first-order valence-corrected chi connectivity index (χ1v) is 9.93. The molecule has 1 aliphatic carbocycles. The molecule has 3 heterocycles. The molecule has 3 aromatic heterocycles. The molecule has 0 atom stereocenters. The minimum atomic E-state index is 0.547. The van der Waals surface area contributed by atoms with E-state index in [0.29, 0.717) is 5.92 Å². The summed E-state index contributed by atoms with van der Waals surface area (Å²) in [4.78, 5) is 4.66. The molecule has 130 valence electrons. The number of fused-ring (bicyclic) bond motifs is 1. The summed E-state index contributed by atoms with van der Waals surface area (Å²) < 4.78 is 4.29. The van der Waals surface area contributed by atoms with Crippen LogP contribution in [0.4, 0.5) is 0 Å². The smallest absolute Gasteiger partial charge is 0.191 e. The van der Waals surface area contributed by atoms with Gasteiger partial charge in [0.2, 0.25) is 0 Å². The average molecular weight is 353 g/mol. The van der Waals surface area contributed by atoms with Crippen LogP contribution >= 0.6 is 11.8 Å². The van der Waals surface area contributed by atoms with E-state index in [-0.39, 0.29) is 0 Å². The Morgan fingerprint density at radius 2 is 2.08 bits per heavy atom. The zero-order chi connectivity index (χ0) is 17.1. The maximum atomic E-state index is 4.66. The van der Waals surface area contributed by atoms with E-state index in [1.807, 2.05) is 30.5 Å². The third-order valence-electron chi connectivity index (χ3n) is 4.79. The summed E-state index contributed by atoms with van der Waals surface area (Å²) in [5, 5.41) is 9.97. The number of nitrogens with zero attached hydrogens (tertiary/aromatic N) is 5. The standard InChI is InChI=1S/C19H23N5S/c1-2-11-24-18(15-8-4-3-5-9-15)21-22-19(24)25-14-16-13-23-12-7-6-10-17(23)20-16/h2,6-7,10,12-13,15H,1,3-5,8-9,11,14H2. The molecule has 0 amide bonds. The Morgan fingerprint density at radius 1 is 1.20 bits per heavy atom. The van der Waals surface area contributed by atoms with Gasteiger partial charge in [-0.1, -0.05) is 43.2 Å². The molecule has 5 nitrogen and oxygen atoms in total. The molecule has 0 aromatic carbocycles. The van der Waals surface area contributed by atoms with Gasteiger partial charge in [0.1, 0.15) is 11.5 Å². The lowest BCUT2D eigenvalue weighted by Crippen LogP contribution is -2.12. The summed E-state index contributed by atoms with van der Waals surface area (Å²) in [6.45, 7) is 4.68. The van der Waals surface area contributed by atoms with Gasteiger partial charge in [0.15, 0.2) is 5.16 Å². The molecule has 25 heavy (non-hydrogen) atoms. The third kappa shape index (κ3) is 3.49. The van der Waals surface area contributed by atoms with Gasteiger partial charge in [-0.15, -0.1) is 16.8 Å². The van der Waals surface area contributed by atoms with E-state index in [1.54, 1.807) is 11.8 Å². The van der Waals surface area contributed by atoms with Crippen LogP contribution < -0.4 is 0 Å². The molecule has 0 radical (unpaired) electrons. The highest BCUT2D eigenvalue weighted by atomic mass is 32.2. The van der Waals surface area contributed by atoms with E-state index < -0.39 is 0 Å². The molecule has 0 aliphatic heterocycles. The fourth-order valence-electron chi connectivity index (χ4n) is 3.57. The molecule has 0 spiro atoms. The lowest BCUT2D eigenvalue weighted by molar-refractivity contribution is 0.415. The van der Waals surface area contributed by atoms with E-state index in [9.17, 15) is 0 Å². The van der Waals surface area contributed by atoms with Crippen LogP contribution in [0, 0.1) is 0 Å². The van der Waals surface area contributed by atoms with Gasteiger partial charge in [-0.3, -0.25) is 0 Å². The van der Waals surface area contributed by atoms with Crippen molar-refractivity contribution in [3.8, 4) is 0 Å². The molecule has 1 saturated carbocycles. The van der Waals surface area contributed by atoms with Crippen LogP contribution in [0.25, 0.3) is 5.65 Å². The van der Waals surface area contributed by atoms with E-state index in [4.69, 9.17) is 0 Å². The Bertz CT molecular complexity index is 827. The lowest BCUT2D eigenvalue weighted by atomic mass is 9.89. The van der Waals surface area contributed by atoms with Gasteiger partial charge in [-0.05, 0) is 25.0 Å². The highest BCUT2D eigenvalue weighted by Gasteiger charge is 2.23. The zero-order valence-corrected chi connectivity index (χ0v) is 15.2. The van der Waals surface area contributed by atoms with E-state index in [1.165, 1.54) is 32.1 Å². The van der Waals surface area contributed by atoms with Crippen LogP contribution in [-0.4, -0.2) is 24.1 Å². The predicted octanol–water partition coefficient (Wildman–Crippen LogP) is 4.45. The van der Waals surface area contributed by atoms with Crippen LogP contribution in [-0.2, 0) is 12.3 Å². The average Bonchev–Trinajstić information content (AvgIpc) is 3.24. The van der Waals surface area contributed by atoms with Gasteiger partial charge >= 0.3 is 0 Å². The van der Waals surface area contributed by atoms with Crippen LogP contribution in [0.5, 0.6) is 0 Å². The van der Waals surface area contributed by atoms with Crippen molar-refractivity contribution in [1.29, 1.82) is 0 Å². The Labute approximate surface area is 152 Å². The van der Waals surface area contributed by atoms with E-state index in [2.05, 4.69) is 36.9 Å². The minimum absolute atomic E-state index is 0.547. The largest absolute Gasteiger partial charge is 0.307 e. The summed E-state index contributed by atoms with van der Waals surface area (Å²) in [7, 11) is 0. The zero-order valence-electron chi connectivity index (χ0n) is 14.3. The normalized spacial score (nSPS) is 15.7. The molecular weight excluding hydrogens is 330 g/mol. The van der Waals surface area contributed by atoms with Crippen molar-refractivity contribution in [2.45, 2.75) is 55.5 Å². The maximum absolute atomic E-state index is 4.66. The number of thioether (sulfide) groups is 1. The van der Waals surface area contributed by atoms with Gasteiger partial charge in [-0.25, -0.2) is 4.98 Å². The fourth-order valence-corrected chi connectivity index (χ4v) is 4.40. The van der Waals surface area contributed by atoms with E-state index >= 15 is 0 Å². The lowest BCUT2D eigenvalue weighted by Gasteiger charge is -2.21. The van der Waals surface area contributed by atoms with Gasteiger partial charge in [0, 0.05) is 30.6 Å². The summed E-state index contributed by atoms with van der Waals surface area (Å²) in [6.07, 6.45) is 12.5. The maximum Gasteiger partial charge on any atom is 0.191 e. The van der Waals surface area contributed by atoms with Crippen molar-refractivity contribution in [1.82, 2.24) is 24.1 Å². The molecule has 0 bridgehead atoms. The second-order valence-corrected chi connectivity index (χ2v) is 7.50. The molecule has 3 aromatic rings. The highest BCUT2D eigenvalue weighted by molar-refractivity contribution is 7.98. The van der Waals surface area contributed by atoms with Crippen LogP contribution in [0.2, 0.25) is 0 Å². The third-order valence-corrected chi connectivity index (χ3v) is 5.79. The summed E-state index contributed by atoms with van der Waals surface area (Å²) in [5.74, 6) is 2.48. The summed E-state index contributed by atoms with van der Waals surface area (Å²) >= 11 is 1.71.